The number of benzene rings is 1. The van der Waals surface area contributed by atoms with Crippen molar-refractivity contribution in [2.24, 2.45) is 0 Å². The van der Waals surface area contributed by atoms with Gasteiger partial charge in [0.15, 0.2) is 0 Å². The number of amides is 1. The van der Waals surface area contributed by atoms with E-state index in [0.717, 1.165) is 65.2 Å². The van der Waals surface area contributed by atoms with Crippen molar-refractivity contribution in [2.75, 3.05) is 39.4 Å². The predicted octanol–water partition coefficient (Wildman–Crippen LogP) is 3.93. The van der Waals surface area contributed by atoms with Crippen LogP contribution in [0.5, 0.6) is 0 Å². The molecule has 1 aromatic rings. The molecule has 1 saturated heterocycles. The Morgan fingerprint density at radius 2 is 1.73 bits per heavy atom. The first-order chi connectivity index (χ1) is 12.4. The summed E-state index contributed by atoms with van der Waals surface area (Å²) in [7, 11) is 0. The van der Waals surface area contributed by atoms with E-state index in [-0.39, 0.29) is 6.09 Å². The zero-order valence-corrected chi connectivity index (χ0v) is 16.6. The lowest BCUT2D eigenvalue weighted by Gasteiger charge is -2.29. The van der Waals surface area contributed by atoms with Gasteiger partial charge in [-0.25, -0.2) is 4.79 Å². The molecular weight excluding hydrogens is 328 g/mol. The quantitative estimate of drug-likeness (QED) is 0.799. The molecule has 5 heteroatoms. The van der Waals surface area contributed by atoms with Crippen LogP contribution < -0.4 is 0 Å². The zero-order chi connectivity index (χ0) is 18.8. The summed E-state index contributed by atoms with van der Waals surface area (Å²) in [5.74, 6) is 0. The third-order valence-corrected chi connectivity index (χ3v) is 4.32. The summed E-state index contributed by atoms with van der Waals surface area (Å²) in [5, 5.41) is 0. The van der Waals surface area contributed by atoms with Crippen molar-refractivity contribution in [1.82, 2.24) is 9.80 Å². The lowest BCUT2D eigenvalue weighted by atomic mass is 10.2. The van der Waals surface area contributed by atoms with E-state index in [0.29, 0.717) is 0 Å². The first-order valence-corrected chi connectivity index (χ1v) is 9.76. The van der Waals surface area contributed by atoms with Gasteiger partial charge in [0.05, 0.1) is 6.61 Å². The van der Waals surface area contributed by atoms with Crippen LogP contribution in [0, 0.1) is 0 Å². The first kappa shape index (κ1) is 20.7. The number of carbonyl (C=O) groups excluding carboxylic acids is 1. The molecule has 5 nitrogen and oxygen atoms in total. The van der Waals surface area contributed by atoms with E-state index in [9.17, 15) is 4.79 Å². The molecule has 0 aliphatic carbocycles. The summed E-state index contributed by atoms with van der Waals surface area (Å²) >= 11 is 0. The second-order valence-electron chi connectivity index (χ2n) is 7.90. The maximum atomic E-state index is 12.5. The lowest BCUT2D eigenvalue weighted by Crippen LogP contribution is -2.39. The highest BCUT2D eigenvalue weighted by Crippen LogP contribution is 2.12. The first-order valence-electron chi connectivity index (χ1n) is 9.76. The minimum absolute atomic E-state index is 0.204. The number of nitrogens with zero attached hydrogens (tertiary/aromatic N) is 2. The highest BCUT2D eigenvalue weighted by molar-refractivity contribution is 5.68. The average Bonchev–Trinajstić information content (AvgIpc) is 2.56. The van der Waals surface area contributed by atoms with Crippen LogP contribution in [0.4, 0.5) is 4.79 Å². The second kappa shape index (κ2) is 10.5. The molecule has 1 aliphatic rings. The van der Waals surface area contributed by atoms with E-state index in [1.54, 1.807) is 0 Å². The van der Waals surface area contributed by atoms with E-state index >= 15 is 0 Å². The van der Waals surface area contributed by atoms with E-state index < -0.39 is 5.60 Å². The molecule has 2 rings (SSSR count). The number of hydrogen-bond acceptors (Lipinski definition) is 4. The summed E-state index contributed by atoms with van der Waals surface area (Å²) in [4.78, 5) is 16.7. The third-order valence-electron chi connectivity index (χ3n) is 4.32. The van der Waals surface area contributed by atoms with Gasteiger partial charge in [-0.05, 0) is 45.6 Å². The van der Waals surface area contributed by atoms with E-state index in [2.05, 4.69) is 29.2 Å². The van der Waals surface area contributed by atoms with Gasteiger partial charge < -0.3 is 14.4 Å². The number of hydrogen-bond donors (Lipinski definition) is 0. The highest BCUT2D eigenvalue weighted by atomic mass is 16.6. The molecule has 1 amide bonds. The zero-order valence-electron chi connectivity index (χ0n) is 16.6. The summed E-state index contributed by atoms with van der Waals surface area (Å²) in [6, 6.07) is 10.5. The predicted molar refractivity (Wildman–Crippen MR) is 104 cm³/mol. The number of ether oxygens (including phenoxy) is 2. The molecule has 1 aliphatic heterocycles. The molecule has 1 heterocycles. The largest absolute Gasteiger partial charge is 0.444 e. The summed E-state index contributed by atoms with van der Waals surface area (Å²) in [6.45, 7) is 11.5. The van der Waals surface area contributed by atoms with Crippen LogP contribution in [0.2, 0.25) is 0 Å². The smallest absolute Gasteiger partial charge is 0.410 e. The van der Waals surface area contributed by atoms with Crippen molar-refractivity contribution in [3.05, 3.63) is 35.9 Å². The van der Waals surface area contributed by atoms with Crippen molar-refractivity contribution in [3.8, 4) is 0 Å². The number of rotatable bonds is 2. The van der Waals surface area contributed by atoms with Gasteiger partial charge in [0.25, 0.3) is 0 Å². The van der Waals surface area contributed by atoms with E-state index in [4.69, 9.17) is 9.47 Å². The van der Waals surface area contributed by atoms with Gasteiger partial charge in [0.1, 0.15) is 5.60 Å². The van der Waals surface area contributed by atoms with E-state index in [1.807, 2.05) is 31.7 Å². The Labute approximate surface area is 158 Å². The standard InChI is InChI=1S/C21H34N2O3/c1-21(2,3)26-20(24)23-13-7-8-16-25-17-15-22(12-9-14-23)18-19-10-5-4-6-11-19/h4-6,10-11H,7-9,12-18H2,1-3H3. The van der Waals surface area contributed by atoms with Gasteiger partial charge in [-0.3, -0.25) is 4.90 Å². The van der Waals surface area contributed by atoms with Crippen molar-refractivity contribution < 1.29 is 14.3 Å². The Morgan fingerprint density at radius 1 is 1.00 bits per heavy atom. The van der Waals surface area contributed by atoms with Crippen LogP contribution in [0.15, 0.2) is 30.3 Å². The molecule has 0 unspecified atom stereocenters. The lowest BCUT2D eigenvalue weighted by molar-refractivity contribution is 0.0220. The minimum Gasteiger partial charge on any atom is -0.444 e. The maximum absolute atomic E-state index is 12.5. The average molecular weight is 363 g/mol. The fraction of sp³-hybridized carbons (Fsp3) is 0.667. The Bertz CT molecular complexity index is 528. The molecule has 1 fully saturated rings. The topological polar surface area (TPSA) is 42.0 Å². The van der Waals surface area contributed by atoms with Crippen molar-refractivity contribution in [2.45, 2.75) is 52.2 Å². The Kier molecular flexibility index (Phi) is 8.39. The van der Waals surface area contributed by atoms with Crippen LogP contribution in [-0.4, -0.2) is 60.9 Å². The van der Waals surface area contributed by atoms with Gasteiger partial charge in [-0.2, -0.15) is 0 Å². The van der Waals surface area contributed by atoms with Crippen LogP contribution in [-0.2, 0) is 16.0 Å². The molecule has 146 valence electrons. The van der Waals surface area contributed by atoms with Crippen LogP contribution in [0.3, 0.4) is 0 Å². The van der Waals surface area contributed by atoms with Gasteiger partial charge in [-0.1, -0.05) is 30.3 Å². The molecule has 0 bridgehead atoms. The molecular formula is C21H34N2O3. The van der Waals surface area contributed by atoms with Crippen molar-refractivity contribution in [3.63, 3.8) is 0 Å². The second-order valence-corrected chi connectivity index (χ2v) is 7.90. The summed E-state index contributed by atoms with van der Waals surface area (Å²) < 4.78 is 11.3. The third kappa shape index (κ3) is 8.19. The molecule has 0 aromatic heterocycles. The van der Waals surface area contributed by atoms with Gasteiger partial charge in [-0.15, -0.1) is 0 Å². The summed E-state index contributed by atoms with van der Waals surface area (Å²) in [6.07, 6.45) is 2.65. The van der Waals surface area contributed by atoms with Crippen LogP contribution in [0.1, 0.15) is 45.6 Å². The fourth-order valence-corrected chi connectivity index (χ4v) is 3.02. The summed E-state index contributed by atoms with van der Waals surface area (Å²) in [5.41, 5.74) is 0.854. The molecule has 0 spiro atoms. The molecule has 0 N–H and O–H groups in total. The Morgan fingerprint density at radius 3 is 2.46 bits per heavy atom. The molecule has 0 radical (unpaired) electrons. The number of carbonyl (C=O) groups is 1. The molecule has 0 atom stereocenters. The van der Waals surface area contributed by atoms with Gasteiger partial charge in [0.2, 0.25) is 0 Å². The highest BCUT2D eigenvalue weighted by Gasteiger charge is 2.22. The maximum Gasteiger partial charge on any atom is 0.410 e. The van der Waals surface area contributed by atoms with Crippen LogP contribution in [0.25, 0.3) is 0 Å². The fourth-order valence-electron chi connectivity index (χ4n) is 3.02. The SMILES string of the molecule is CC(C)(C)OC(=O)N1CCCCOCCN(Cc2ccccc2)CCC1. The minimum atomic E-state index is -0.455. The van der Waals surface area contributed by atoms with Crippen molar-refractivity contribution in [1.29, 1.82) is 0 Å². The van der Waals surface area contributed by atoms with Crippen molar-refractivity contribution >= 4 is 6.09 Å². The molecule has 0 saturated carbocycles. The monoisotopic (exact) mass is 362 g/mol. The molecule has 1 aromatic carbocycles. The van der Waals surface area contributed by atoms with Gasteiger partial charge >= 0.3 is 6.09 Å². The normalized spacial score (nSPS) is 18.7. The van der Waals surface area contributed by atoms with E-state index in [1.165, 1.54) is 5.56 Å². The van der Waals surface area contributed by atoms with Crippen LogP contribution >= 0.6 is 0 Å². The molecule has 26 heavy (non-hydrogen) atoms. The Hall–Kier alpha value is -1.59. The Balaban J connectivity index is 1.93. The van der Waals surface area contributed by atoms with Gasteiger partial charge in [0, 0.05) is 39.3 Å².